The highest BCUT2D eigenvalue weighted by atomic mass is 79.9. The van der Waals surface area contributed by atoms with Crippen LogP contribution in [0.4, 0.5) is 0 Å². The number of carboxylic acids is 1. The van der Waals surface area contributed by atoms with Crippen LogP contribution in [-0.2, 0) is 11.2 Å². The number of hydrogen-bond acceptors (Lipinski definition) is 2. The SMILES string of the molecule is O=C(O)Cc1ccc(-c2ccnc(Br)c2)cc1. The van der Waals surface area contributed by atoms with Gasteiger partial charge in [-0.2, -0.15) is 0 Å². The van der Waals surface area contributed by atoms with Gasteiger partial charge in [0.05, 0.1) is 6.42 Å². The third kappa shape index (κ3) is 3.14. The van der Waals surface area contributed by atoms with Crippen molar-refractivity contribution in [2.75, 3.05) is 0 Å². The molecule has 1 heterocycles. The van der Waals surface area contributed by atoms with Crippen LogP contribution in [0.5, 0.6) is 0 Å². The van der Waals surface area contributed by atoms with E-state index in [-0.39, 0.29) is 6.42 Å². The number of carbonyl (C=O) groups is 1. The van der Waals surface area contributed by atoms with Crippen LogP contribution >= 0.6 is 15.9 Å². The Morgan fingerprint density at radius 2 is 1.88 bits per heavy atom. The summed E-state index contributed by atoms with van der Waals surface area (Å²) in [6, 6.07) is 11.3. The van der Waals surface area contributed by atoms with Crippen molar-refractivity contribution in [2.45, 2.75) is 6.42 Å². The number of halogens is 1. The molecule has 1 aromatic carbocycles. The van der Waals surface area contributed by atoms with E-state index in [1.165, 1.54) is 0 Å². The molecule has 1 aromatic heterocycles. The molecule has 0 saturated carbocycles. The number of hydrogen-bond donors (Lipinski definition) is 1. The smallest absolute Gasteiger partial charge is 0.307 e. The first-order valence-corrected chi connectivity index (χ1v) is 5.87. The van der Waals surface area contributed by atoms with Crippen molar-refractivity contribution in [2.24, 2.45) is 0 Å². The van der Waals surface area contributed by atoms with Crippen LogP contribution < -0.4 is 0 Å². The second kappa shape index (κ2) is 5.10. The lowest BCUT2D eigenvalue weighted by molar-refractivity contribution is -0.136. The average molecular weight is 292 g/mol. The van der Waals surface area contributed by atoms with Crippen LogP contribution in [0.15, 0.2) is 47.2 Å². The van der Waals surface area contributed by atoms with E-state index in [9.17, 15) is 4.79 Å². The lowest BCUT2D eigenvalue weighted by Gasteiger charge is -2.03. The fourth-order valence-electron chi connectivity index (χ4n) is 1.57. The van der Waals surface area contributed by atoms with Crippen LogP contribution in [0.3, 0.4) is 0 Å². The topological polar surface area (TPSA) is 50.2 Å². The number of aliphatic carboxylic acids is 1. The van der Waals surface area contributed by atoms with Gasteiger partial charge in [0, 0.05) is 6.20 Å². The first kappa shape index (κ1) is 11.8. The summed E-state index contributed by atoms with van der Waals surface area (Å²) < 4.78 is 0.782. The number of aromatic nitrogens is 1. The zero-order chi connectivity index (χ0) is 12.3. The minimum atomic E-state index is -0.815. The van der Waals surface area contributed by atoms with E-state index in [2.05, 4.69) is 20.9 Å². The van der Waals surface area contributed by atoms with E-state index in [0.717, 1.165) is 21.3 Å². The van der Waals surface area contributed by atoms with Crippen molar-refractivity contribution >= 4 is 21.9 Å². The maximum Gasteiger partial charge on any atom is 0.307 e. The van der Waals surface area contributed by atoms with Gasteiger partial charge in [-0.05, 0) is 44.8 Å². The number of rotatable bonds is 3. The maximum atomic E-state index is 10.6. The van der Waals surface area contributed by atoms with Gasteiger partial charge in [-0.15, -0.1) is 0 Å². The number of carboxylic acid groups (broad SMARTS) is 1. The number of nitrogens with zero attached hydrogens (tertiary/aromatic N) is 1. The van der Waals surface area contributed by atoms with E-state index in [1.54, 1.807) is 6.20 Å². The molecule has 2 aromatic rings. The Morgan fingerprint density at radius 3 is 2.47 bits per heavy atom. The quantitative estimate of drug-likeness (QED) is 0.884. The van der Waals surface area contributed by atoms with E-state index >= 15 is 0 Å². The van der Waals surface area contributed by atoms with Crippen LogP contribution in [0, 0.1) is 0 Å². The van der Waals surface area contributed by atoms with Gasteiger partial charge in [0.2, 0.25) is 0 Å². The monoisotopic (exact) mass is 291 g/mol. The molecule has 2 rings (SSSR count). The second-order valence-corrected chi connectivity index (χ2v) is 4.45. The van der Waals surface area contributed by atoms with Crippen molar-refractivity contribution in [3.05, 3.63) is 52.8 Å². The molecule has 17 heavy (non-hydrogen) atoms. The standard InChI is InChI=1S/C13H10BrNO2/c14-12-8-11(5-6-15-12)10-3-1-9(2-4-10)7-13(16)17/h1-6,8H,7H2,(H,16,17). The normalized spacial score (nSPS) is 10.2. The highest BCUT2D eigenvalue weighted by molar-refractivity contribution is 9.10. The highest BCUT2D eigenvalue weighted by Gasteiger charge is 2.02. The number of benzene rings is 1. The summed E-state index contributed by atoms with van der Waals surface area (Å²) in [6.07, 6.45) is 1.78. The lowest BCUT2D eigenvalue weighted by Crippen LogP contribution is -1.99. The Bertz CT molecular complexity index is 537. The molecule has 3 nitrogen and oxygen atoms in total. The average Bonchev–Trinajstić information content (AvgIpc) is 2.29. The number of pyridine rings is 1. The van der Waals surface area contributed by atoms with Gasteiger partial charge in [0.15, 0.2) is 0 Å². The van der Waals surface area contributed by atoms with Crippen LogP contribution in [0.2, 0.25) is 0 Å². The van der Waals surface area contributed by atoms with E-state index in [1.807, 2.05) is 36.4 Å². The lowest BCUT2D eigenvalue weighted by atomic mass is 10.0. The zero-order valence-corrected chi connectivity index (χ0v) is 10.5. The Hall–Kier alpha value is -1.68. The molecule has 0 bridgehead atoms. The summed E-state index contributed by atoms with van der Waals surface area (Å²) in [5.41, 5.74) is 2.89. The third-order valence-electron chi connectivity index (χ3n) is 2.37. The molecular formula is C13H10BrNO2. The molecule has 86 valence electrons. The van der Waals surface area contributed by atoms with Crippen LogP contribution in [0.1, 0.15) is 5.56 Å². The molecule has 0 spiro atoms. The minimum absolute atomic E-state index is 0.0559. The molecule has 0 atom stereocenters. The van der Waals surface area contributed by atoms with Crippen molar-refractivity contribution in [1.82, 2.24) is 4.98 Å². The Kier molecular flexibility index (Phi) is 3.54. The molecule has 0 aliphatic rings. The summed E-state index contributed by atoms with van der Waals surface area (Å²) in [4.78, 5) is 14.6. The maximum absolute atomic E-state index is 10.6. The van der Waals surface area contributed by atoms with Gasteiger partial charge in [-0.25, -0.2) is 4.98 Å². The molecule has 0 fully saturated rings. The fraction of sp³-hybridized carbons (Fsp3) is 0.0769. The van der Waals surface area contributed by atoms with Crippen LogP contribution in [0.25, 0.3) is 11.1 Å². The minimum Gasteiger partial charge on any atom is -0.481 e. The fourth-order valence-corrected chi connectivity index (χ4v) is 1.94. The molecule has 0 aliphatic heterocycles. The van der Waals surface area contributed by atoms with Crippen molar-refractivity contribution in [3.63, 3.8) is 0 Å². The largest absolute Gasteiger partial charge is 0.481 e. The van der Waals surface area contributed by atoms with E-state index in [0.29, 0.717) is 0 Å². The molecule has 4 heteroatoms. The van der Waals surface area contributed by atoms with Crippen LogP contribution in [-0.4, -0.2) is 16.1 Å². The first-order valence-electron chi connectivity index (χ1n) is 5.08. The van der Waals surface area contributed by atoms with Gasteiger partial charge < -0.3 is 5.11 Å². The van der Waals surface area contributed by atoms with Gasteiger partial charge in [-0.1, -0.05) is 24.3 Å². The first-order chi connectivity index (χ1) is 8.15. The summed E-state index contributed by atoms with van der Waals surface area (Å²) in [7, 11) is 0. The molecule has 1 N–H and O–H groups in total. The molecule has 0 saturated heterocycles. The van der Waals surface area contributed by atoms with Crippen molar-refractivity contribution < 1.29 is 9.90 Å². The predicted molar refractivity (Wildman–Crippen MR) is 68.7 cm³/mol. The van der Waals surface area contributed by atoms with Gasteiger partial charge in [0.25, 0.3) is 0 Å². The summed E-state index contributed by atoms with van der Waals surface area (Å²) >= 11 is 3.32. The zero-order valence-electron chi connectivity index (χ0n) is 8.93. The Balaban J connectivity index is 2.26. The van der Waals surface area contributed by atoms with Gasteiger partial charge >= 0.3 is 5.97 Å². The molecular weight excluding hydrogens is 282 g/mol. The van der Waals surface area contributed by atoms with Gasteiger partial charge in [0.1, 0.15) is 4.60 Å². The predicted octanol–water partition coefficient (Wildman–Crippen LogP) is 3.14. The summed E-state index contributed by atoms with van der Waals surface area (Å²) in [5.74, 6) is -0.815. The van der Waals surface area contributed by atoms with E-state index < -0.39 is 5.97 Å². The highest BCUT2D eigenvalue weighted by Crippen LogP contribution is 2.21. The molecule has 0 unspecified atom stereocenters. The molecule has 0 radical (unpaired) electrons. The van der Waals surface area contributed by atoms with E-state index in [4.69, 9.17) is 5.11 Å². The Morgan fingerprint density at radius 1 is 1.18 bits per heavy atom. The van der Waals surface area contributed by atoms with Gasteiger partial charge in [-0.3, -0.25) is 4.79 Å². The summed E-state index contributed by atoms with van der Waals surface area (Å²) in [6.45, 7) is 0. The Labute approximate surface area is 107 Å². The molecule has 0 amide bonds. The summed E-state index contributed by atoms with van der Waals surface area (Å²) in [5, 5.41) is 8.68. The third-order valence-corrected chi connectivity index (χ3v) is 2.80. The second-order valence-electron chi connectivity index (χ2n) is 3.63. The van der Waals surface area contributed by atoms with Crippen molar-refractivity contribution in [3.8, 4) is 11.1 Å². The molecule has 0 aliphatic carbocycles. The van der Waals surface area contributed by atoms with Crippen molar-refractivity contribution in [1.29, 1.82) is 0 Å².